The zero-order valence-corrected chi connectivity index (χ0v) is 19.7. The number of para-hydroxylation sites is 1. The molecule has 0 bridgehead atoms. The van der Waals surface area contributed by atoms with Gasteiger partial charge in [0, 0.05) is 25.1 Å². The number of alkyl carbamates (subject to hydrolysis) is 1. The second-order valence-electron chi connectivity index (χ2n) is 9.40. The topological polar surface area (TPSA) is 119 Å². The maximum Gasteiger partial charge on any atom is 0.407 e. The molecule has 2 fully saturated rings. The fourth-order valence-corrected chi connectivity index (χ4v) is 4.79. The Balaban J connectivity index is 1.60. The maximum absolute atomic E-state index is 13.8. The van der Waals surface area contributed by atoms with Crippen LogP contribution in [0.2, 0.25) is 0 Å². The van der Waals surface area contributed by atoms with Crippen LogP contribution < -0.4 is 10.6 Å². The Hall–Kier alpha value is -3.40. The molecule has 10 nitrogen and oxygen atoms in total. The van der Waals surface area contributed by atoms with Crippen molar-refractivity contribution in [3.05, 3.63) is 36.5 Å². The lowest BCUT2D eigenvalue weighted by Gasteiger charge is -2.33. The van der Waals surface area contributed by atoms with Gasteiger partial charge in [-0.2, -0.15) is 0 Å². The summed E-state index contributed by atoms with van der Waals surface area (Å²) in [4.78, 5) is 53.0. The second-order valence-corrected chi connectivity index (χ2v) is 9.40. The van der Waals surface area contributed by atoms with Gasteiger partial charge in [0.25, 0.3) is 11.8 Å². The molecule has 2 saturated heterocycles. The third kappa shape index (κ3) is 4.25. The van der Waals surface area contributed by atoms with Crippen molar-refractivity contribution in [3.63, 3.8) is 0 Å². The fourth-order valence-electron chi connectivity index (χ4n) is 4.79. The molecule has 34 heavy (non-hydrogen) atoms. The third-order valence-electron chi connectivity index (χ3n) is 6.54. The maximum atomic E-state index is 13.8. The number of fused-ring (bicyclic) bond motifs is 2. The summed E-state index contributed by atoms with van der Waals surface area (Å²) in [6.45, 7) is 5.55. The van der Waals surface area contributed by atoms with E-state index in [2.05, 4.69) is 10.6 Å². The number of nitrogens with zero attached hydrogens (tertiary/aromatic N) is 2. The normalized spacial score (nSPS) is 24.8. The van der Waals surface area contributed by atoms with Gasteiger partial charge in [-0.25, -0.2) is 4.79 Å². The van der Waals surface area contributed by atoms with Crippen LogP contribution in [0.1, 0.15) is 38.4 Å². The molecule has 2 aliphatic heterocycles. The zero-order chi connectivity index (χ0) is 24.6. The zero-order valence-electron chi connectivity index (χ0n) is 19.7. The minimum atomic E-state index is -1.09. The Morgan fingerprint density at radius 3 is 2.68 bits per heavy atom. The van der Waals surface area contributed by atoms with Gasteiger partial charge >= 0.3 is 6.09 Å². The summed E-state index contributed by atoms with van der Waals surface area (Å²) in [5, 5.41) is 5.88. The number of ether oxygens (including phenoxy) is 2. The number of carbonyl (C=O) groups excluding carboxylic acids is 4. The Labute approximate surface area is 197 Å². The molecule has 1 aromatic heterocycles. The molecule has 2 N–H and O–H groups in total. The minimum absolute atomic E-state index is 0.228. The number of nitrogens with one attached hydrogen (secondary N) is 2. The van der Waals surface area contributed by atoms with Crippen LogP contribution in [0.3, 0.4) is 0 Å². The van der Waals surface area contributed by atoms with E-state index in [0.29, 0.717) is 6.42 Å². The van der Waals surface area contributed by atoms with Crippen molar-refractivity contribution in [2.24, 2.45) is 5.41 Å². The predicted octanol–water partition coefficient (Wildman–Crippen LogP) is 1.88. The molecule has 2 aromatic rings. The summed E-state index contributed by atoms with van der Waals surface area (Å²) >= 11 is 0. The first-order valence-corrected chi connectivity index (χ1v) is 11.4. The SMILES string of the molecule is CNC(=O)O[C@@H](C)C(=O)N[C@H]1CCO[C@H]2CC(C)(C)[C@@H](C(=O)n3ccc4ccccc43)N2C1=O. The lowest BCUT2D eigenvalue weighted by Crippen LogP contribution is -2.56. The number of carbonyl (C=O) groups is 4. The summed E-state index contributed by atoms with van der Waals surface area (Å²) in [5.41, 5.74) is 0.213. The van der Waals surface area contributed by atoms with E-state index in [4.69, 9.17) is 9.47 Å². The second kappa shape index (κ2) is 9.09. The summed E-state index contributed by atoms with van der Waals surface area (Å²) in [7, 11) is 1.39. The van der Waals surface area contributed by atoms with Gasteiger partial charge in [0.1, 0.15) is 18.3 Å². The summed E-state index contributed by atoms with van der Waals surface area (Å²) in [5.74, 6) is -1.21. The number of benzene rings is 1. The Morgan fingerprint density at radius 1 is 1.21 bits per heavy atom. The largest absolute Gasteiger partial charge is 0.436 e. The van der Waals surface area contributed by atoms with E-state index in [0.717, 1.165) is 10.9 Å². The molecular formula is C24H30N4O6. The molecule has 2 aliphatic rings. The van der Waals surface area contributed by atoms with Gasteiger partial charge in [-0.05, 0) is 30.9 Å². The quantitative estimate of drug-likeness (QED) is 0.704. The molecule has 4 rings (SSSR count). The van der Waals surface area contributed by atoms with Crippen LogP contribution in [0, 0.1) is 5.41 Å². The van der Waals surface area contributed by atoms with Crippen molar-refractivity contribution in [1.82, 2.24) is 20.1 Å². The van der Waals surface area contributed by atoms with E-state index in [1.807, 2.05) is 44.2 Å². The van der Waals surface area contributed by atoms with E-state index in [9.17, 15) is 19.2 Å². The van der Waals surface area contributed by atoms with Gasteiger partial charge < -0.3 is 25.0 Å². The summed E-state index contributed by atoms with van der Waals surface area (Å²) in [6, 6.07) is 7.74. The van der Waals surface area contributed by atoms with E-state index < -0.39 is 41.8 Å². The average Bonchev–Trinajstić information content (AvgIpc) is 3.31. The first-order chi connectivity index (χ1) is 16.1. The van der Waals surface area contributed by atoms with E-state index in [1.54, 1.807) is 10.8 Å². The summed E-state index contributed by atoms with van der Waals surface area (Å²) < 4.78 is 12.5. The van der Waals surface area contributed by atoms with Crippen LogP contribution in [0.4, 0.5) is 4.79 Å². The fraction of sp³-hybridized carbons (Fsp3) is 0.500. The first-order valence-electron chi connectivity index (χ1n) is 11.4. The highest BCUT2D eigenvalue weighted by Crippen LogP contribution is 2.43. The number of rotatable bonds is 4. The van der Waals surface area contributed by atoms with Crippen molar-refractivity contribution in [2.45, 2.75) is 58.0 Å². The highest BCUT2D eigenvalue weighted by Gasteiger charge is 2.55. The van der Waals surface area contributed by atoms with Crippen LogP contribution in [0.25, 0.3) is 10.9 Å². The average molecular weight is 471 g/mol. The number of hydrogen-bond donors (Lipinski definition) is 2. The van der Waals surface area contributed by atoms with Gasteiger partial charge in [-0.15, -0.1) is 0 Å². The molecular weight excluding hydrogens is 440 g/mol. The first kappa shape index (κ1) is 23.7. The lowest BCUT2D eigenvalue weighted by molar-refractivity contribution is -0.144. The molecule has 0 aliphatic carbocycles. The summed E-state index contributed by atoms with van der Waals surface area (Å²) in [6.07, 6.45) is 0.0510. The van der Waals surface area contributed by atoms with Crippen molar-refractivity contribution >= 4 is 34.7 Å². The standard InChI is InChI=1S/C24H30N4O6/c1-14(34-23(32)25-4)20(29)26-16-10-12-33-18-13-24(2,3)19(28(18)21(16)30)22(31)27-11-9-15-7-5-6-8-17(15)27/h5-9,11,14,16,18-19H,10,12-13H2,1-4H3,(H,25,32)(H,26,29)/t14-,16-,18-,19+/m0/s1. The molecule has 1 aromatic carbocycles. The van der Waals surface area contributed by atoms with Gasteiger partial charge in [-0.3, -0.25) is 19.0 Å². The molecule has 3 heterocycles. The molecule has 10 heteroatoms. The van der Waals surface area contributed by atoms with Crippen molar-refractivity contribution in [2.75, 3.05) is 13.7 Å². The van der Waals surface area contributed by atoms with Crippen LogP contribution >= 0.6 is 0 Å². The van der Waals surface area contributed by atoms with Gasteiger partial charge in [0.15, 0.2) is 6.10 Å². The molecule has 0 unspecified atom stereocenters. The highest BCUT2D eigenvalue weighted by molar-refractivity contribution is 5.99. The van der Waals surface area contributed by atoms with Crippen molar-refractivity contribution < 1.29 is 28.7 Å². The van der Waals surface area contributed by atoms with Crippen molar-refractivity contribution in [3.8, 4) is 0 Å². The number of hydrogen-bond acceptors (Lipinski definition) is 6. The molecule has 0 radical (unpaired) electrons. The van der Waals surface area contributed by atoms with Gasteiger partial charge in [0.2, 0.25) is 5.91 Å². The minimum Gasteiger partial charge on any atom is -0.436 e. The Kier molecular flexibility index (Phi) is 6.35. The predicted molar refractivity (Wildman–Crippen MR) is 123 cm³/mol. The molecule has 0 saturated carbocycles. The molecule has 0 spiro atoms. The molecule has 3 amide bonds. The Bertz CT molecular complexity index is 1130. The Morgan fingerprint density at radius 2 is 1.94 bits per heavy atom. The van der Waals surface area contributed by atoms with Crippen LogP contribution in [-0.2, 0) is 19.1 Å². The molecule has 182 valence electrons. The number of aromatic nitrogens is 1. The monoisotopic (exact) mass is 470 g/mol. The smallest absolute Gasteiger partial charge is 0.407 e. The van der Waals surface area contributed by atoms with Gasteiger partial charge in [-0.1, -0.05) is 32.0 Å². The number of amides is 3. The van der Waals surface area contributed by atoms with Gasteiger partial charge in [0.05, 0.1) is 12.1 Å². The highest BCUT2D eigenvalue weighted by atomic mass is 16.6. The molecule has 4 atom stereocenters. The van der Waals surface area contributed by atoms with Crippen molar-refractivity contribution in [1.29, 1.82) is 0 Å². The van der Waals surface area contributed by atoms with E-state index in [-0.39, 0.29) is 24.8 Å². The van der Waals surface area contributed by atoms with E-state index in [1.165, 1.54) is 18.9 Å². The van der Waals surface area contributed by atoms with Crippen LogP contribution in [0.5, 0.6) is 0 Å². The van der Waals surface area contributed by atoms with Crippen LogP contribution in [-0.4, -0.2) is 71.4 Å². The van der Waals surface area contributed by atoms with Crippen LogP contribution in [0.15, 0.2) is 36.5 Å². The third-order valence-corrected chi connectivity index (χ3v) is 6.54. The lowest BCUT2D eigenvalue weighted by atomic mass is 9.83. The van der Waals surface area contributed by atoms with E-state index >= 15 is 0 Å².